The Morgan fingerprint density at radius 1 is 0.957 bits per heavy atom. The summed E-state index contributed by atoms with van der Waals surface area (Å²) < 4.78 is 61.0. The summed E-state index contributed by atoms with van der Waals surface area (Å²) in [6, 6.07) is 12.0. The lowest BCUT2D eigenvalue weighted by molar-refractivity contribution is -0.211. The van der Waals surface area contributed by atoms with Crippen molar-refractivity contribution in [3.8, 4) is 5.75 Å². The molecule has 7 heteroatoms. The predicted molar refractivity (Wildman–Crippen MR) is 80.1 cm³/mol. The number of aliphatic hydroxyl groups excluding tert-OH is 1. The van der Waals surface area contributed by atoms with E-state index in [0.717, 1.165) is 12.1 Å². The molecule has 2 rings (SSSR count). The highest BCUT2D eigenvalue weighted by Crippen LogP contribution is 2.52. The Morgan fingerprint density at radius 2 is 1.52 bits per heavy atom. The van der Waals surface area contributed by atoms with E-state index in [4.69, 9.17) is 4.74 Å². The van der Waals surface area contributed by atoms with Gasteiger partial charge in [-0.05, 0) is 41.6 Å². The normalized spacial score (nSPS) is 13.7. The van der Waals surface area contributed by atoms with Crippen molar-refractivity contribution in [2.75, 3.05) is 7.11 Å². The minimum Gasteiger partial charge on any atom is -0.497 e. The quantitative estimate of drug-likeness (QED) is 0.605. The SMILES string of the molecule is COc1ccc(C(O)C(F)(F)C(F)(F)Sc2ccccc2)cc1. The maximum Gasteiger partial charge on any atom is 0.363 e. The minimum atomic E-state index is -4.65. The maximum absolute atomic E-state index is 14.1. The van der Waals surface area contributed by atoms with Gasteiger partial charge in [-0.25, -0.2) is 0 Å². The number of hydrogen-bond donors (Lipinski definition) is 1. The van der Waals surface area contributed by atoms with Crippen LogP contribution >= 0.6 is 11.8 Å². The number of thioether (sulfide) groups is 1. The molecule has 0 fully saturated rings. The summed E-state index contributed by atoms with van der Waals surface area (Å²) in [6.07, 6.45) is -2.64. The second kappa shape index (κ2) is 6.80. The molecule has 0 spiro atoms. The van der Waals surface area contributed by atoms with E-state index in [1.54, 1.807) is 6.07 Å². The van der Waals surface area contributed by atoms with Gasteiger partial charge in [0.25, 0.3) is 0 Å². The summed E-state index contributed by atoms with van der Waals surface area (Å²) in [5.74, 6) is -4.28. The fraction of sp³-hybridized carbons (Fsp3) is 0.250. The highest BCUT2D eigenvalue weighted by atomic mass is 32.2. The number of halogens is 4. The summed E-state index contributed by atoms with van der Waals surface area (Å²) >= 11 is -0.285. The van der Waals surface area contributed by atoms with E-state index in [1.165, 1.54) is 43.5 Å². The third-order valence-corrected chi connectivity index (χ3v) is 4.19. The first-order valence-corrected chi connectivity index (χ1v) is 7.41. The van der Waals surface area contributed by atoms with Crippen LogP contribution in [-0.2, 0) is 0 Å². The molecule has 0 aliphatic heterocycles. The third-order valence-electron chi connectivity index (χ3n) is 3.15. The summed E-state index contributed by atoms with van der Waals surface area (Å²) in [6.45, 7) is 0. The highest BCUT2D eigenvalue weighted by Gasteiger charge is 2.62. The van der Waals surface area contributed by atoms with Gasteiger partial charge in [-0.2, -0.15) is 17.6 Å². The number of hydrogen-bond acceptors (Lipinski definition) is 3. The second-order valence-corrected chi connectivity index (χ2v) is 5.92. The Bertz CT molecular complexity index is 632. The van der Waals surface area contributed by atoms with E-state index < -0.39 is 17.3 Å². The predicted octanol–water partition coefficient (Wildman–Crippen LogP) is 4.75. The van der Waals surface area contributed by atoms with E-state index >= 15 is 0 Å². The molecule has 1 N–H and O–H groups in total. The maximum atomic E-state index is 14.1. The van der Waals surface area contributed by atoms with Crippen molar-refractivity contribution in [2.24, 2.45) is 0 Å². The molecule has 1 unspecified atom stereocenters. The molecule has 0 aliphatic rings. The van der Waals surface area contributed by atoms with Crippen LogP contribution in [0.5, 0.6) is 5.75 Å². The van der Waals surface area contributed by atoms with Gasteiger partial charge in [0.05, 0.1) is 7.11 Å². The third kappa shape index (κ3) is 3.79. The Morgan fingerprint density at radius 3 is 2.04 bits per heavy atom. The van der Waals surface area contributed by atoms with E-state index in [1.807, 2.05) is 0 Å². The number of aliphatic hydroxyl groups is 1. The van der Waals surface area contributed by atoms with E-state index in [-0.39, 0.29) is 22.2 Å². The topological polar surface area (TPSA) is 29.5 Å². The molecule has 0 saturated carbocycles. The Hall–Kier alpha value is -1.73. The molecule has 0 heterocycles. The number of ether oxygens (including phenoxy) is 1. The molecular weight excluding hydrogens is 332 g/mol. The minimum absolute atomic E-state index is 0.0147. The monoisotopic (exact) mass is 346 g/mol. The van der Waals surface area contributed by atoms with Gasteiger partial charge in [-0.15, -0.1) is 0 Å². The van der Waals surface area contributed by atoms with E-state index in [9.17, 15) is 22.7 Å². The van der Waals surface area contributed by atoms with Crippen molar-refractivity contribution < 1.29 is 27.4 Å². The smallest absolute Gasteiger partial charge is 0.363 e. The Balaban J connectivity index is 2.23. The largest absolute Gasteiger partial charge is 0.497 e. The zero-order chi connectivity index (χ0) is 17.1. The fourth-order valence-corrected chi connectivity index (χ4v) is 2.70. The molecule has 0 saturated heterocycles. The first-order chi connectivity index (χ1) is 10.8. The van der Waals surface area contributed by atoms with Gasteiger partial charge in [0.2, 0.25) is 0 Å². The molecule has 0 radical (unpaired) electrons. The van der Waals surface area contributed by atoms with Crippen LogP contribution < -0.4 is 4.74 Å². The van der Waals surface area contributed by atoms with Crippen LogP contribution in [0.4, 0.5) is 17.6 Å². The van der Waals surface area contributed by atoms with Crippen molar-refractivity contribution in [1.29, 1.82) is 0 Å². The van der Waals surface area contributed by atoms with Crippen LogP contribution in [-0.4, -0.2) is 23.4 Å². The van der Waals surface area contributed by atoms with Crippen LogP contribution in [0.3, 0.4) is 0 Å². The van der Waals surface area contributed by atoms with Crippen LogP contribution in [0.1, 0.15) is 11.7 Å². The molecule has 0 amide bonds. The lowest BCUT2D eigenvalue weighted by Gasteiger charge is -2.30. The number of rotatable bonds is 6. The lowest BCUT2D eigenvalue weighted by Crippen LogP contribution is -2.43. The molecule has 0 aromatic heterocycles. The van der Waals surface area contributed by atoms with Crippen LogP contribution in [0.2, 0.25) is 0 Å². The summed E-state index contributed by atoms with van der Waals surface area (Å²) in [4.78, 5) is -0.0147. The average molecular weight is 346 g/mol. The van der Waals surface area contributed by atoms with Gasteiger partial charge in [-0.1, -0.05) is 30.3 Å². The molecule has 23 heavy (non-hydrogen) atoms. The average Bonchev–Trinajstić information content (AvgIpc) is 2.54. The van der Waals surface area contributed by atoms with Gasteiger partial charge < -0.3 is 9.84 Å². The standard InChI is InChI=1S/C16H14F4O2S/c1-22-12-9-7-11(8-10-12)14(21)15(17,18)16(19,20)23-13-5-3-2-4-6-13/h2-10,14,21H,1H3. The van der Waals surface area contributed by atoms with E-state index in [0.29, 0.717) is 5.75 Å². The van der Waals surface area contributed by atoms with Crippen LogP contribution in [0.25, 0.3) is 0 Å². The fourth-order valence-electron chi connectivity index (χ4n) is 1.86. The summed E-state index contributed by atoms with van der Waals surface area (Å²) in [5, 5.41) is 5.26. The Kier molecular flexibility index (Phi) is 5.21. The van der Waals surface area contributed by atoms with Gasteiger partial charge in [0, 0.05) is 4.90 Å². The zero-order valence-electron chi connectivity index (χ0n) is 12.0. The van der Waals surface area contributed by atoms with Gasteiger partial charge in [0.15, 0.2) is 0 Å². The van der Waals surface area contributed by atoms with Gasteiger partial charge in [0.1, 0.15) is 11.9 Å². The molecule has 124 valence electrons. The Labute approximate surface area is 135 Å². The van der Waals surface area contributed by atoms with Crippen molar-refractivity contribution in [3.05, 3.63) is 60.2 Å². The first kappa shape index (κ1) is 17.6. The highest BCUT2D eigenvalue weighted by molar-refractivity contribution is 8.00. The number of methoxy groups -OCH3 is 1. The molecule has 0 aliphatic carbocycles. The first-order valence-electron chi connectivity index (χ1n) is 6.59. The van der Waals surface area contributed by atoms with Gasteiger partial charge in [-0.3, -0.25) is 0 Å². The molecule has 1 atom stereocenters. The number of alkyl halides is 4. The molecule has 2 aromatic rings. The summed E-state index contributed by atoms with van der Waals surface area (Å²) in [5.41, 5.74) is -0.316. The van der Waals surface area contributed by atoms with Gasteiger partial charge >= 0.3 is 11.2 Å². The van der Waals surface area contributed by atoms with Crippen LogP contribution in [0.15, 0.2) is 59.5 Å². The van der Waals surface area contributed by atoms with Crippen molar-refractivity contribution >= 4 is 11.8 Å². The summed E-state index contributed by atoms with van der Waals surface area (Å²) in [7, 11) is 1.38. The lowest BCUT2D eigenvalue weighted by atomic mass is 10.0. The van der Waals surface area contributed by atoms with Crippen molar-refractivity contribution in [2.45, 2.75) is 22.2 Å². The van der Waals surface area contributed by atoms with Crippen molar-refractivity contribution in [3.63, 3.8) is 0 Å². The number of benzene rings is 2. The molecule has 0 bridgehead atoms. The zero-order valence-corrected chi connectivity index (χ0v) is 12.9. The molecule has 2 aromatic carbocycles. The van der Waals surface area contributed by atoms with E-state index in [2.05, 4.69) is 0 Å². The van der Waals surface area contributed by atoms with Crippen molar-refractivity contribution in [1.82, 2.24) is 0 Å². The second-order valence-electron chi connectivity index (χ2n) is 4.73. The molecular formula is C16H14F4O2S. The molecule has 2 nitrogen and oxygen atoms in total. The van der Waals surface area contributed by atoms with Crippen LogP contribution in [0, 0.1) is 0 Å².